The van der Waals surface area contributed by atoms with Gasteiger partial charge in [-0.05, 0) is 24.8 Å². The van der Waals surface area contributed by atoms with Crippen LogP contribution >= 0.6 is 0 Å². The van der Waals surface area contributed by atoms with Gasteiger partial charge in [0.2, 0.25) is 5.60 Å². The Morgan fingerprint density at radius 3 is 2.82 bits per heavy atom. The summed E-state index contributed by atoms with van der Waals surface area (Å²) in [5.41, 5.74) is -0.130. The van der Waals surface area contributed by atoms with E-state index in [1.54, 1.807) is 4.90 Å². The third-order valence-electron chi connectivity index (χ3n) is 4.49. The van der Waals surface area contributed by atoms with E-state index >= 15 is 0 Å². The van der Waals surface area contributed by atoms with Crippen LogP contribution in [0.1, 0.15) is 31.7 Å². The van der Waals surface area contributed by atoms with Crippen molar-refractivity contribution in [2.24, 2.45) is 0 Å². The number of hydrogen-bond donors (Lipinski definition) is 0. The molecule has 2 saturated heterocycles. The molecule has 0 aromatic heterocycles. The first-order valence-electron chi connectivity index (χ1n) is 7.82. The molecule has 2 fully saturated rings. The lowest BCUT2D eigenvalue weighted by molar-refractivity contribution is -0.198. The molecule has 3 rings (SSSR count). The molecule has 0 aliphatic carbocycles. The van der Waals surface area contributed by atoms with Crippen LogP contribution in [0.5, 0.6) is 0 Å². The molecule has 0 saturated carbocycles. The summed E-state index contributed by atoms with van der Waals surface area (Å²) in [4.78, 5) is 26.5. The summed E-state index contributed by atoms with van der Waals surface area (Å²) in [5.74, 6) is -0.396. The van der Waals surface area contributed by atoms with Crippen molar-refractivity contribution in [1.82, 2.24) is 4.90 Å². The molecule has 0 radical (unpaired) electrons. The first kappa shape index (κ1) is 15.0. The van der Waals surface area contributed by atoms with Gasteiger partial charge in [-0.15, -0.1) is 0 Å². The lowest BCUT2D eigenvalue weighted by atomic mass is 9.96. The number of amides is 1. The Hall–Kier alpha value is -1.88. The molecule has 1 amide bonds. The lowest BCUT2D eigenvalue weighted by Gasteiger charge is -2.41. The van der Waals surface area contributed by atoms with Crippen LogP contribution in [0.15, 0.2) is 30.3 Å². The fourth-order valence-electron chi connectivity index (χ4n) is 3.15. The monoisotopic (exact) mass is 303 g/mol. The van der Waals surface area contributed by atoms with Crippen LogP contribution in [0.2, 0.25) is 0 Å². The van der Waals surface area contributed by atoms with Gasteiger partial charge in [0.15, 0.2) is 0 Å². The van der Waals surface area contributed by atoms with Crippen molar-refractivity contribution >= 4 is 11.9 Å². The van der Waals surface area contributed by atoms with Gasteiger partial charge < -0.3 is 14.4 Å². The topological polar surface area (TPSA) is 55.8 Å². The number of ether oxygens (including phenoxy) is 2. The van der Waals surface area contributed by atoms with Gasteiger partial charge in [0.05, 0.1) is 13.2 Å². The second kappa shape index (κ2) is 6.08. The van der Waals surface area contributed by atoms with E-state index < -0.39 is 5.60 Å². The summed E-state index contributed by atoms with van der Waals surface area (Å²) in [5, 5.41) is 0. The van der Waals surface area contributed by atoms with Crippen LogP contribution in [0.3, 0.4) is 0 Å². The third-order valence-corrected chi connectivity index (χ3v) is 4.49. The van der Waals surface area contributed by atoms with E-state index in [2.05, 4.69) is 0 Å². The fourth-order valence-corrected chi connectivity index (χ4v) is 3.15. The lowest BCUT2D eigenvalue weighted by Crippen LogP contribution is -2.62. The second-order valence-electron chi connectivity index (χ2n) is 5.90. The quantitative estimate of drug-likeness (QED) is 0.780. The number of cyclic esters (lactones) is 1. The molecule has 22 heavy (non-hydrogen) atoms. The minimum absolute atomic E-state index is 0.103. The molecule has 2 aliphatic heterocycles. The Labute approximate surface area is 130 Å². The van der Waals surface area contributed by atoms with Gasteiger partial charge >= 0.3 is 5.97 Å². The predicted octanol–water partition coefficient (Wildman–Crippen LogP) is 1.90. The average Bonchev–Trinajstić information content (AvgIpc) is 3.03. The number of benzene rings is 1. The van der Waals surface area contributed by atoms with E-state index in [-0.39, 0.29) is 24.5 Å². The van der Waals surface area contributed by atoms with Gasteiger partial charge in [-0.25, -0.2) is 4.79 Å². The van der Waals surface area contributed by atoms with Gasteiger partial charge in [0.25, 0.3) is 5.91 Å². The zero-order valence-electron chi connectivity index (χ0n) is 12.8. The molecule has 2 aliphatic rings. The average molecular weight is 303 g/mol. The molecular formula is C17H21NO4. The highest BCUT2D eigenvalue weighted by molar-refractivity contribution is 5.96. The molecule has 1 aromatic carbocycles. The zero-order chi connectivity index (χ0) is 15.6. The number of carbonyl (C=O) groups excluding carboxylic acids is 2. The highest BCUT2D eigenvalue weighted by Crippen LogP contribution is 2.33. The van der Waals surface area contributed by atoms with Crippen LogP contribution in [0, 0.1) is 0 Å². The summed E-state index contributed by atoms with van der Waals surface area (Å²) < 4.78 is 11.2. The summed E-state index contributed by atoms with van der Waals surface area (Å²) >= 11 is 0. The van der Waals surface area contributed by atoms with Crippen LogP contribution < -0.4 is 0 Å². The Morgan fingerprint density at radius 1 is 1.32 bits per heavy atom. The van der Waals surface area contributed by atoms with Crippen LogP contribution in [-0.4, -0.2) is 41.6 Å². The SMILES string of the molecule is CC[C@@]1(COCc2ccccc2)OC(=O)[C@@H]2CCCN2C1=O. The normalized spacial score (nSPS) is 27.7. The molecular weight excluding hydrogens is 282 g/mol. The number of morpholine rings is 1. The van der Waals surface area contributed by atoms with Crippen molar-refractivity contribution in [3.8, 4) is 0 Å². The highest BCUT2D eigenvalue weighted by Gasteiger charge is 2.53. The van der Waals surface area contributed by atoms with Gasteiger partial charge in [-0.1, -0.05) is 37.3 Å². The van der Waals surface area contributed by atoms with Crippen LogP contribution in [0.4, 0.5) is 0 Å². The molecule has 5 nitrogen and oxygen atoms in total. The number of carbonyl (C=O) groups is 2. The smallest absolute Gasteiger partial charge is 0.330 e. The summed E-state index contributed by atoms with van der Waals surface area (Å²) in [7, 11) is 0. The van der Waals surface area contributed by atoms with E-state index in [1.807, 2.05) is 37.3 Å². The molecule has 2 atom stereocenters. The fraction of sp³-hybridized carbons (Fsp3) is 0.529. The highest BCUT2D eigenvalue weighted by atomic mass is 16.6. The van der Waals surface area contributed by atoms with Crippen molar-refractivity contribution in [3.63, 3.8) is 0 Å². The molecule has 5 heteroatoms. The Balaban J connectivity index is 1.68. The summed E-state index contributed by atoms with van der Waals surface area (Å²) in [6, 6.07) is 9.36. The van der Waals surface area contributed by atoms with Gasteiger partial charge in [0.1, 0.15) is 6.04 Å². The standard InChI is InChI=1S/C17H21NO4/c1-2-17(12-21-11-13-7-4-3-5-8-13)16(20)18-10-6-9-14(18)15(19)22-17/h3-5,7-8,14H,2,6,9-12H2,1H3/t14-,17-/m0/s1. The number of rotatable bonds is 5. The Kier molecular flexibility index (Phi) is 4.16. The van der Waals surface area contributed by atoms with Gasteiger partial charge in [-0.3, -0.25) is 4.79 Å². The molecule has 118 valence electrons. The van der Waals surface area contributed by atoms with Crippen LogP contribution in [-0.2, 0) is 25.7 Å². The van der Waals surface area contributed by atoms with Gasteiger partial charge in [-0.2, -0.15) is 0 Å². The molecule has 0 unspecified atom stereocenters. The number of esters is 1. The maximum absolute atomic E-state index is 12.7. The first-order chi connectivity index (χ1) is 10.7. The van der Waals surface area contributed by atoms with Crippen molar-refractivity contribution in [2.75, 3.05) is 13.2 Å². The summed E-state index contributed by atoms with van der Waals surface area (Å²) in [6.07, 6.45) is 1.99. The van der Waals surface area contributed by atoms with E-state index in [1.165, 1.54) is 0 Å². The van der Waals surface area contributed by atoms with Crippen LogP contribution in [0.25, 0.3) is 0 Å². The molecule has 1 aromatic rings. The number of nitrogens with zero attached hydrogens (tertiary/aromatic N) is 1. The number of hydrogen-bond acceptors (Lipinski definition) is 4. The second-order valence-corrected chi connectivity index (χ2v) is 5.90. The number of fused-ring (bicyclic) bond motifs is 1. The minimum Gasteiger partial charge on any atom is -0.445 e. The zero-order valence-corrected chi connectivity index (χ0v) is 12.8. The summed E-state index contributed by atoms with van der Waals surface area (Å²) in [6.45, 7) is 3.00. The van der Waals surface area contributed by atoms with Crippen molar-refractivity contribution in [2.45, 2.75) is 44.4 Å². The van der Waals surface area contributed by atoms with Crippen molar-refractivity contribution in [1.29, 1.82) is 0 Å². The molecule has 0 spiro atoms. The maximum Gasteiger partial charge on any atom is 0.330 e. The third kappa shape index (κ3) is 2.61. The molecule has 0 N–H and O–H groups in total. The molecule has 0 bridgehead atoms. The van der Waals surface area contributed by atoms with E-state index in [0.717, 1.165) is 12.0 Å². The van der Waals surface area contributed by atoms with Crippen molar-refractivity contribution < 1.29 is 19.1 Å². The van der Waals surface area contributed by atoms with E-state index in [0.29, 0.717) is 26.0 Å². The molecule has 2 heterocycles. The maximum atomic E-state index is 12.7. The first-order valence-corrected chi connectivity index (χ1v) is 7.82. The van der Waals surface area contributed by atoms with E-state index in [9.17, 15) is 9.59 Å². The Morgan fingerprint density at radius 2 is 2.09 bits per heavy atom. The predicted molar refractivity (Wildman–Crippen MR) is 79.9 cm³/mol. The van der Waals surface area contributed by atoms with E-state index in [4.69, 9.17) is 9.47 Å². The van der Waals surface area contributed by atoms with Gasteiger partial charge in [0, 0.05) is 6.54 Å². The Bertz CT molecular complexity index is 559. The largest absolute Gasteiger partial charge is 0.445 e. The van der Waals surface area contributed by atoms with Crippen molar-refractivity contribution in [3.05, 3.63) is 35.9 Å². The minimum atomic E-state index is -1.16.